The van der Waals surface area contributed by atoms with Crippen LogP contribution >= 0.6 is 11.3 Å². The molecule has 0 saturated carbocycles. The van der Waals surface area contributed by atoms with Crippen molar-refractivity contribution in [2.75, 3.05) is 24.4 Å². The fourth-order valence-corrected chi connectivity index (χ4v) is 4.63. The Kier molecular flexibility index (Phi) is 6.97. The summed E-state index contributed by atoms with van der Waals surface area (Å²) < 4.78 is 16.0. The third-order valence-corrected chi connectivity index (χ3v) is 6.36. The van der Waals surface area contributed by atoms with Crippen molar-refractivity contribution in [3.05, 3.63) is 59.0 Å². The third kappa shape index (κ3) is 5.20. The van der Waals surface area contributed by atoms with Gasteiger partial charge in [-0.3, -0.25) is 18.6 Å². The van der Waals surface area contributed by atoms with E-state index in [4.69, 9.17) is 0 Å². The van der Waals surface area contributed by atoms with Crippen molar-refractivity contribution >= 4 is 50.5 Å². The Morgan fingerprint density at radius 3 is 2.66 bits per heavy atom. The maximum absolute atomic E-state index is 11.7. The number of aromatic hydroxyl groups is 1. The second-order valence-corrected chi connectivity index (χ2v) is 8.55. The summed E-state index contributed by atoms with van der Waals surface area (Å²) in [6.07, 6.45) is 1.86. The Morgan fingerprint density at radius 2 is 2.03 bits per heavy atom. The van der Waals surface area contributed by atoms with E-state index in [1.54, 1.807) is 12.1 Å². The predicted octanol–water partition coefficient (Wildman–Crippen LogP) is 2.38. The zero-order valence-electron chi connectivity index (χ0n) is 15.8. The highest BCUT2D eigenvalue weighted by atomic mass is 32.2. The monoisotopic (exact) mass is 431 g/mol. The number of phenols is 1. The van der Waals surface area contributed by atoms with E-state index < -0.39 is 11.2 Å². The molecule has 1 aliphatic rings. The van der Waals surface area contributed by atoms with Gasteiger partial charge < -0.3 is 10.4 Å². The number of amides is 1. The summed E-state index contributed by atoms with van der Waals surface area (Å²) in [5.74, 6) is -0.437. The third-order valence-electron chi connectivity index (χ3n) is 4.21. The summed E-state index contributed by atoms with van der Waals surface area (Å²) in [7, 11) is 1.98. The molecule has 0 aliphatic carbocycles. The molecule has 1 aliphatic heterocycles. The molecule has 9 heteroatoms. The molecule has 4 rings (SSSR count). The van der Waals surface area contributed by atoms with Crippen molar-refractivity contribution < 1.29 is 18.9 Å². The molecule has 2 heterocycles. The van der Waals surface area contributed by atoms with Crippen LogP contribution in [0.15, 0.2) is 48.5 Å². The Labute approximate surface area is 175 Å². The quantitative estimate of drug-likeness (QED) is 0.539. The van der Waals surface area contributed by atoms with Gasteiger partial charge in [-0.2, -0.15) is 0 Å². The molecule has 7 nitrogen and oxygen atoms in total. The molecular weight excluding hydrogens is 410 g/mol. The van der Waals surface area contributed by atoms with Gasteiger partial charge in [-0.05, 0) is 49.2 Å². The number of anilines is 1. The van der Waals surface area contributed by atoms with Gasteiger partial charge in [-0.15, -0.1) is 11.3 Å². The molecule has 1 fully saturated rings. The number of aldehydes is 1. The summed E-state index contributed by atoms with van der Waals surface area (Å²) in [6, 6.07) is 15.3. The van der Waals surface area contributed by atoms with Gasteiger partial charge in [-0.25, -0.2) is 4.21 Å². The van der Waals surface area contributed by atoms with E-state index in [0.29, 0.717) is 10.6 Å². The van der Waals surface area contributed by atoms with Crippen molar-refractivity contribution in [2.24, 2.45) is 0 Å². The molecule has 1 aromatic heterocycles. The first-order valence-corrected chi connectivity index (χ1v) is 10.8. The molecule has 1 atom stereocenters. The molecule has 152 valence electrons. The van der Waals surface area contributed by atoms with Crippen LogP contribution in [-0.4, -0.2) is 41.6 Å². The Balaban J connectivity index is 0.000000204. The van der Waals surface area contributed by atoms with Crippen LogP contribution in [0.25, 0.3) is 10.1 Å². The number of benzene rings is 2. The van der Waals surface area contributed by atoms with Gasteiger partial charge in [0.25, 0.3) is 5.91 Å². The van der Waals surface area contributed by atoms with Crippen LogP contribution in [-0.2, 0) is 22.4 Å². The minimum Gasteiger partial charge on any atom is -0.506 e. The number of carbonyl (C=O) groups is 2. The molecule has 0 spiro atoms. The Morgan fingerprint density at radius 1 is 1.28 bits per heavy atom. The molecular formula is C20H21N3O4S2. The van der Waals surface area contributed by atoms with E-state index in [-0.39, 0.29) is 18.2 Å². The number of nitrogens with one attached hydrogen (secondary N) is 2. The van der Waals surface area contributed by atoms with E-state index in [1.807, 2.05) is 13.1 Å². The van der Waals surface area contributed by atoms with E-state index in [2.05, 4.69) is 34.3 Å². The van der Waals surface area contributed by atoms with Crippen LogP contribution in [0.2, 0.25) is 0 Å². The Hall–Kier alpha value is -2.75. The second kappa shape index (κ2) is 9.64. The minimum atomic E-state index is -1.68. The van der Waals surface area contributed by atoms with Crippen molar-refractivity contribution in [1.82, 2.24) is 10.0 Å². The van der Waals surface area contributed by atoms with Crippen LogP contribution in [0.4, 0.5) is 5.69 Å². The van der Waals surface area contributed by atoms with Gasteiger partial charge in [0.15, 0.2) is 6.29 Å². The van der Waals surface area contributed by atoms with Crippen LogP contribution in [0, 0.1) is 0 Å². The number of hydrogen-bond acceptors (Lipinski definition) is 6. The maximum Gasteiger partial charge on any atom is 0.253 e. The number of rotatable bonds is 5. The van der Waals surface area contributed by atoms with Gasteiger partial charge in [0.2, 0.25) is 11.2 Å². The van der Waals surface area contributed by atoms with Crippen molar-refractivity contribution in [3.8, 4) is 5.75 Å². The van der Waals surface area contributed by atoms with Crippen molar-refractivity contribution in [3.63, 3.8) is 0 Å². The summed E-state index contributed by atoms with van der Waals surface area (Å²) >= 11 is -0.423. The van der Waals surface area contributed by atoms with E-state index in [9.17, 15) is 18.9 Å². The molecule has 1 saturated heterocycles. The number of hydrogen-bond donors (Lipinski definition) is 3. The van der Waals surface area contributed by atoms with Crippen molar-refractivity contribution in [1.29, 1.82) is 0 Å². The van der Waals surface area contributed by atoms with E-state index in [1.165, 1.54) is 27.3 Å². The van der Waals surface area contributed by atoms with Gasteiger partial charge >= 0.3 is 0 Å². The highest BCUT2D eigenvalue weighted by molar-refractivity contribution is 7.85. The smallest absolute Gasteiger partial charge is 0.253 e. The average Bonchev–Trinajstić information content (AvgIpc) is 3.28. The first-order valence-electron chi connectivity index (χ1n) is 8.91. The zero-order chi connectivity index (χ0) is 20.8. The van der Waals surface area contributed by atoms with Crippen LogP contribution < -0.4 is 14.3 Å². The standard InChI is InChI=1S/C11H8N2O4S2.C9H13N/c14-5-7-1-6-2-8(9(15)3-10(6)18-7)13-4-11(16)12-19(13)17;1-10-8-7-9-5-3-2-4-6-9/h1-3,5,15H,4H2,(H,12,16);2-6,10H,7-8H2,1H3. The number of nitrogens with zero attached hydrogens (tertiary/aromatic N) is 1. The summed E-state index contributed by atoms with van der Waals surface area (Å²) in [6.45, 7) is 0.986. The van der Waals surface area contributed by atoms with Gasteiger partial charge in [0.05, 0.1) is 10.6 Å². The van der Waals surface area contributed by atoms with E-state index >= 15 is 0 Å². The lowest BCUT2D eigenvalue weighted by molar-refractivity contribution is -0.117. The molecule has 3 N–H and O–H groups in total. The van der Waals surface area contributed by atoms with Crippen LogP contribution in [0.3, 0.4) is 0 Å². The van der Waals surface area contributed by atoms with Gasteiger partial charge in [0, 0.05) is 4.70 Å². The summed E-state index contributed by atoms with van der Waals surface area (Å²) in [5.41, 5.74) is 1.70. The molecule has 3 aromatic rings. The number of thiophene rings is 1. The fraction of sp³-hybridized carbons (Fsp3) is 0.200. The first-order chi connectivity index (χ1) is 14.0. The normalized spacial score (nSPS) is 15.7. The average molecular weight is 432 g/mol. The van der Waals surface area contributed by atoms with Gasteiger partial charge in [-0.1, -0.05) is 30.3 Å². The molecule has 1 unspecified atom stereocenters. The maximum atomic E-state index is 11.7. The fourth-order valence-electron chi connectivity index (χ4n) is 2.80. The largest absolute Gasteiger partial charge is 0.506 e. The molecule has 0 bridgehead atoms. The highest BCUT2D eigenvalue weighted by Crippen LogP contribution is 2.37. The SMILES string of the molecule is CNCCc1ccccc1.O=Cc1cc2cc(N3CC(=O)NS3=O)c(O)cc2s1. The summed E-state index contributed by atoms with van der Waals surface area (Å²) in [4.78, 5) is 22.5. The number of carbonyl (C=O) groups excluding carboxylic acids is 2. The summed E-state index contributed by atoms with van der Waals surface area (Å²) in [5, 5.41) is 13.8. The first kappa shape index (κ1) is 21.0. The Bertz CT molecular complexity index is 1040. The minimum absolute atomic E-state index is 0.0725. The van der Waals surface area contributed by atoms with Crippen molar-refractivity contribution in [2.45, 2.75) is 6.42 Å². The number of phenolic OH excluding ortho intramolecular Hbond substituents is 1. The van der Waals surface area contributed by atoms with Gasteiger partial charge in [0.1, 0.15) is 12.3 Å². The lowest BCUT2D eigenvalue weighted by Crippen LogP contribution is -2.22. The molecule has 2 aromatic carbocycles. The molecule has 0 radical (unpaired) electrons. The second-order valence-electron chi connectivity index (χ2n) is 6.30. The number of fused-ring (bicyclic) bond motifs is 1. The zero-order valence-corrected chi connectivity index (χ0v) is 17.4. The van der Waals surface area contributed by atoms with Crippen LogP contribution in [0.5, 0.6) is 5.75 Å². The predicted molar refractivity (Wildman–Crippen MR) is 117 cm³/mol. The lowest BCUT2D eigenvalue weighted by atomic mass is 10.2. The topological polar surface area (TPSA) is 98.7 Å². The van der Waals surface area contributed by atoms with E-state index in [0.717, 1.165) is 29.3 Å². The molecule has 29 heavy (non-hydrogen) atoms. The number of likely N-dealkylation sites (N-methyl/N-ethyl adjacent to an activating group) is 1. The molecule has 1 amide bonds. The highest BCUT2D eigenvalue weighted by Gasteiger charge is 2.29. The lowest BCUT2D eigenvalue weighted by Gasteiger charge is -2.15. The van der Waals surface area contributed by atoms with Crippen LogP contribution in [0.1, 0.15) is 15.2 Å².